The van der Waals surface area contributed by atoms with Gasteiger partial charge < -0.3 is 10.2 Å². The van der Waals surface area contributed by atoms with E-state index in [0.29, 0.717) is 34.4 Å². The molecule has 5 rings (SSSR count). The van der Waals surface area contributed by atoms with Crippen molar-refractivity contribution in [2.75, 3.05) is 16.9 Å². The van der Waals surface area contributed by atoms with E-state index in [1.54, 1.807) is 12.1 Å². The molecule has 9 heteroatoms. The van der Waals surface area contributed by atoms with E-state index in [1.807, 2.05) is 17.0 Å². The zero-order valence-corrected chi connectivity index (χ0v) is 15.9. The average Bonchev–Trinajstić information content (AvgIpc) is 3.17. The van der Waals surface area contributed by atoms with Gasteiger partial charge in [-0.2, -0.15) is 0 Å². The van der Waals surface area contributed by atoms with Crippen LogP contribution in [0.5, 0.6) is 0 Å². The van der Waals surface area contributed by atoms with Crippen LogP contribution in [0.25, 0.3) is 5.57 Å². The van der Waals surface area contributed by atoms with Crippen molar-refractivity contribution in [1.82, 2.24) is 4.57 Å². The van der Waals surface area contributed by atoms with Crippen molar-refractivity contribution in [2.24, 2.45) is 4.99 Å². The summed E-state index contributed by atoms with van der Waals surface area (Å²) in [4.78, 5) is 32.4. The highest BCUT2D eigenvalue weighted by atomic mass is 35.5. The minimum atomic E-state index is -0.465. The third kappa shape index (κ3) is 2.64. The molecule has 140 valence electrons. The minimum Gasteiger partial charge on any atom is -0.334 e. The largest absolute Gasteiger partial charge is 0.334 e. The molecule has 2 aliphatic rings. The van der Waals surface area contributed by atoms with E-state index in [4.69, 9.17) is 11.6 Å². The second-order valence-corrected chi connectivity index (χ2v) is 7.84. The van der Waals surface area contributed by atoms with Crippen molar-refractivity contribution in [1.29, 1.82) is 0 Å². The van der Waals surface area contributed by atoms with Crippen LogP contribution >= 0.6 is 22.9 Å². The van der Waals surface area contributed by atoms with Crippen LogP contribution in [-0.4, -0.2) is 17.1 Å². The molecule has 3 heterocycles. The summed E-state index contributed by atoms with van der Waals surface area (Å²) in [6, 6.07) is 11.3. The number of carbonyl (C=O) groups excluding carboxylic acids is 1. The number of fused-ring (bicyclic) bond motifs is 2. The summed E-state index contributed by atoms with van der Waals surface area (Å²) in [5.41, 5.74) is 1.66. The van der Waals surface area contributed by atoms with Crippen LogP contribution in [0.2, 0.25) is 5.02 Å². The topological polar surface area (TPSA) is 66.7 Å². The van der Waals surface area contributed by atoms with E-state index in [2.05, 4.69) is 10.3 Å². The third-order valence-corrected chi connectivity index (χ3v) is 6.06. The van der Waals surface area contributed by atoms with Crippen molar-refractivity contribution in [3.63, 3.8) is 0 Å². The lowest BCUT2D eigenvalue weighted by Gasteiger charge is -2.25. The fourth-order valence-corrected chi connectivity index (χ4v) is 4.53. The predicted molar refractivity (Wildman–Crippen MR) is 106 cm³/mol. The SMILES string of the molecule is O=C1Nc2ccc(F)cc2C1=c1sc2n(c1=O)CN(c1ccc(Cl)cc1)CN=2. The first-order valence-electron chi connectivity index (χ1n) is 8.41. The van der Waals surface area contributed by atoms with E-state index in [0.717, 1.165) is 17.0 Å². The van der Waals surface area contributed by atoms with Gasteiger partial charge >= 0.3 is 0 Å². The second-order valence-electron chi connectivity index (χ2n) is 6.42. The summed E-state index contributed by atoms with van der Waals surface area (Å²) < 4.78 is 15.5. The molecule has 6 nitrogen and oxygen atoms in total. The zero-order chi connectivity index (χ0) is 19.4. The lowest BCUT2D eigenvalue weighted by Crippen LogP contribution is -2.43. The lowest BCUT2D eigenvalue weighted by molar-refractivity contribution is -0.110. The van der Waals surface area contributed by atoms with Gasteiger partial charge in [-0.05, 0) is 42.5 Å². The van der Waals surface area contributed by atoms with Crippen LogP contribution in [0.1, 0.15) is 5.56 Å². The molecule has 0 fully saturated rings. The van der Waals surface area contributed by atoms with Gasteiger partial charge in [0.15, 0.2) is 4.80 Å². The molecule has 3 aromatic rings. The van der Waals surface area contributed by atoms with Crippen LogP contribution < -0.4 is 25.1 Å². The summed E-state index contributed by atoms with van der Waals surface area (Å²) in [5, 5.41) is 3.31. The number of nitrogens with one attached hydrogen (secondary N) is 1. The van der Waals surface area contributed by atoms with Gasteiger partial charge in [0, 0.05) is 22.0 Å². The normalized spacial score (nSPS) is 17.1. The van der Waals surface area contributed by atoms with Gasteiger partial charge in [-0.1, -0.05) is 22.9 Å². The average molecular weight is 415 g/mol. The third-order valence-electron chi connectivity index (χ3n) is 4.70. The Morgan fingerprint density at radius 3 is 2.71 bits per heavy atom. The number of hydrogen-bond acceptors (Lipinski definition) is 5. The summed E-state index contributed by atoms with van der Waals surface area (Å²) in [6.45, 7) is 0.689. The monoisotopic (exact) mass is 414 g/mol. The summed E-state index contributed by atoms with van der Waals surface area (Å²) in [5.74, 6) is -0.876. The van der Waals surface area contributed by atoms with Crippen LogP contribution in [0.15, 0.2) is 52.3 Å². The molecule has 1 amide bonds. The van der Waals surface area contributed by atoms with Crippen molar-refractivity contribution in [3.05, 3.63) is 78.6 Å². The Kier molecular flexibility index (Phi) is 3.85. The van der Waals surface area contributed by atoms with Gasteiger partial charge in [-0.25, -0.2) is 9.38 Å². The number of carbonyl (C=O) groups is 1. The standard InChI is InChI=1S/C19H12ClFN4O2S/c20-10-1-4-12(5-2-10)24-8-22-19-25(9-24)18(27)16(28-19)15-13-7-11(21)3-6-14(13)23-17(15)26/h1-7H,8-9H2,(H,23,26). The molecule has 0 atom stereocenters. The predicted octanol–water partition coefficient (Wildman–Crippen LogP) is 1.91. The van der Waals surface area contributed by atoms with E-state index < -0.39 is 11.7 Å². The van der Waals surface area contributed by atoms with E-state index in [9.17, 15) is 14.0 Å². The molecule has 28 heavy (non-hydrogen) atoms. The summed E-state index contributed by atoms with van der Waals surface area (Å²) in [6.07, 6.45) is 0. The number of aromatic nitrogens is 1. The van der Waals surface area contributed by atoms with E-state index in [-0.39, 0.29) is 15.7 Å². The lowest BCUT2D eigenvalue weighted by atomic mass is 10.1. The number of halogens is 2. The first-order valence-corrected chi connectivity index (χ1v) is 9.61. The molecule has 2 aromatic carbocycles. The highest BCUT2D eigenvalue weighted by Crippen LogP contribution is 2.30. The zero-order valence-electron chi connectivity index (χ0n) is 14.3. The Balaban J connectivity index is 1.65. The van der Waals surface area contributed by atoms with Crippen molar-refractivity contribution in [3.8, 4) is 0 Å². The van der Waals surface area contributed by atoms with Crippen LogP contribution in [0, 0.1) is 5.82 Å². The maximum absolute atomic E-state index is 13.7. The Morgan fingerprint density at radius 2 is 1.93 bits per heavy atom. The number of benzene rings is 2. The number of thiazole rings is 1. The fourth-order valence-electron chi connectivity index (χ4n) is 3.34. The molecular weight excluding hydrogens is 403 g/mol. The number of amides is 1. The van der Waals surface area contributed by atoms with Crippen LogP contribution in [-0.2, 0) is 11.5 Å². The van der Waals surface area contributed by atoms with Gasteiger partial charge in [0.05, 0.1) is 5.57 Å². The molecule has 0 bridgehead atoms. The Hall–Kier alpha value is -2.97. The highest BCUT2D eigenvalue weighted by Gasteiger charge is 2.28. The molecule has 0 radical (unpaired) electrons. The Labute approximate surface area is 166 Å². The van der Waals surface area contributed by atoms with Gasteiger partial charge in [0.25, 0.3) is 11.5 Å². The Morgan fingerprint density at radius 1 is 1.14 bits per heavy atom. The molecule has 2 aliphatic heterocycles. The first kappa shape index (κ1) is 17.2. The van der Waals surface area contributed by atoms with Crippen molar-refractivity contribution in [2.45, 2.75) is 6.67 Å². The minimum absolute atomic E-state index is 0.194. The smallest absolute Gasteiger partial charge is 0.272 e. The molecular formula is C19H12ClFN4O2S. The highest BCUT2D eigenvalue weighted by molar-refractivity contribution is 7.07. The van der Waals surface area contributed by atoms with E-state index >= 15 is 0 Å². The van der Waals surface area contributed by atoms with Gasteiger partial charge in [-0.15, -0.1) is 0 Å². The van der Waals surface area contributed by atoms with Crippen LogP contribution in [0.4, 0.5) is 15.8 Å². The van der Waals surface area contributed by atoms with Gasteiger partial charge in [0.2, 0.25) is 0 Å². The van der Waals surface area contributed by atoms with Gasteiger partial charge in [-0.3, -0.25) is 14.2 Å². The molecule has 0 saturated heterocycles. The second kappa shape index (κ2) is 6.29. The fraction of sp³-hybridized carbons (Fsp3) is 0.105. The van der Waals surface area contributed by atoms with E-state index in [1.165, 1.54) is 22.8 Å². The Bertz CT molecular complexity index is 1310. The molecule has 1 N–H and O–H groups in total. The first-order chi connectivity index (χ1) is 13.5. The molecule has 0 spiro atoms. The summed E-state index contributed by atoms with van der Waals surface area (Å²) >= 11 is 7.08. The number of rotatable bonds is 1. The quantitative estimate of drug-likeness (QED) is 0.661. The van der Waals surface area contributed by atoms with Crippen LogP contribution in [0.3, 0.4) is 0 Å². The maximum atomic E-state index is 13.7. The maximum Gasteiger partial charge on any atom is 0.272 e. The van der Waals surface area contributed by atoms with Gasteiger partial charge in [0.1, 0.15) is 23.7 Å². The molecule has 0 saturated carbocycles. The van der Waals surface area contributed by atoms with Crippen molar-refractivity contribution < 1.29 is 9.18 Å². The number of nitrogens with zero attached hydrogens (tertiary/aromatic N) is 3. The molecule has 1 aromatic heterocycles. The molecule has 0 aliphatic carbocycles. The number of anilines is 2. The summed E-state index contributed by atoms with van der Waals surface area (Å²) in [7, 11) is 0. The molecule has 0 unspecified atom stereocenters. The van der Waals surface area contributed by atoms with Crippen molar-refractivity contribution >= 4 is 45.8 Å². The number of hydrogen-bond donors (Lipinski definition) is 1.